The van der Waals surface area contributed by atoms with Gasteiger partial charge in [0.05, 0.1) is 0 Å². The average molecular weight is 172 g/mol. The number of ether oxygens (including phenoxy) is 1. The number of fused-ring (bicyclic) bond motifs is 3. The molecule has 1 aliphatic heterocycles. The molecule has 3 rings (SSSR count). The van der Waals surface area contributed by atoms with Crippen molar-refractivity contribution >= 4 is 0 Å². The second-order valence-electron chi connectivity index (χ2n) is 3.72. The van der Waals surface area contributed by atoms with Crippen molar-refractivity contribution in [3.8, 4) is 0 Å². The lowest BCUT2D eigenvalue weighted by molar-refractivity contribution is 0.271. The zero-order valence-corrected chi connectivity index (χ0v) is 7.49. The highest BCUT2D eigenvalue weighted by Gasteiger charge is 2.27. The second-order valence-corrected chi connectivity index (χ2v) is 3.72. The van der Waals surface area contributed by atoms with Gasteiger partial charge in [-0.05, 0) is 36.5 Å². The maximum absolute atomic E-state index is 5.51. The van der Waals surface area contributed by atoms with E-state index in [4.69, 9.17) is 4.74 Å². The van der Waals surface area contributed by atoms with E-state index in [2.05, 4.69) is 30.4 Å². The lowest BCUT2D eigenvalue weighted by Crippen LogP contribution is -2.12. The van der Waals surface area contributed by atoms with E-state index in [-0.39, 0.29) is 0 Å². The molecular formula is C12H12O. The molecule has 0 spiro atoms. The summed E-state index contributed by atoms with van der Waals surface area (Å²) in [4.78, 5) is 0. The highest BCUT2D eigenvalue weighted by Crippen LogP contribution is 2.40. The molecule has 13 heavy (non-hydrogen) atoms. The quantitative estimate of drug-likeness (QED) is 0.546. The summed E-state index contributed by atoms with van der Waals surface area (Å²) in [6.07, 6.45) is 13.4. The van der Waals surface area contributed by atoms with Gasteiger partial charge in [0.1, 0.15) is 12.4 Å². The van der Waals surface area contributed by atoms with Crippen LogP contribution in [-0.4, -0.2) is 6.61 Å². The van der Waals surface area contributed by atoms with Crippen molar-refractivity contribution in [2.24, 2.45) is 5.92 Å². The Balaban J connectivity index is 2.09. The number of hydrogen-bond donors (Lipinski definition) is 0. The number of allylic oxidation sites excluding steroid dienone is 5. The molecule has 1 atom stereocenters. The molecular weight excluding hydrogens is 160 g/mol. The molecule has 0 saturated heterocycles. The van der Waals surface area contributed by atoms with Gasteiger partial charge in [-0.2, -0.15) is 0 Å². The van der Waals surface area contributed by atoms with Gasteiger partial charge in [0.15, 0.2) is 0 Å². The molecule has 66 valence electrons. The summed E-state index contributed by atoms with van der Waals surface area (Å²) in [6.45, 7) is 0.759. The van der Waals surface area contributed by atoms with Crippen LogP contribution in [-0.2, 0) is 4.74 Å². The van der Waals surface area contributed by atoms with Gasteiger partial charge in [-0.15, -0.1) is 0 Å². The molecule has 0 radical (unpaired) electrons. The monoisotopic (exact) mass is 172 g/mol. The van der Waals surface area contributed by atoms with E-state index in [0.717, 1.165) is 18.8 Å². The highest BCUT2D eigenvalue weighted by molar-refractivity contribution is 5.52. The van der Waals surface area contributed by atoms with Crippen molar-refractivity contribution < 1.29 is 4.74 Å². The summed E-state index contributed by atoms with van der Waals surface area (Å²) in [5.74, 6) is 1.82. The zero-order chi connectivity index (χ0) is 8.67. The van der Waals surface area contributed by atoms with Crippen LogP contribution in [0.15, 0.2) is 47.3 Å². The predicted molar refractivity (Wildman–Crippen MR) is 52.1 cm³/mol. The van der Waals surface area contributed by atoms with Gasteiger partial charge in [-0.3, -0.25) is 0 Å². The first-order valence-corrected chi connectivity index (χ1v) is 4.86. The van der Waals surface area contributed by atoms with E-state index in [1.54, 1.807) is 0 Å². The normalized spacial score (nSPS) is 29.5. The van der Waals surface area contributed by atoms with Gasteiger partial charge >= 0.3 is 0 Å². The van der Waals surface area contributed by atoms with Gasteiger partial charge in [-0.1, -0.05) is 18.2 Å². The molecule has 0 aromatic rings. The fourth-order valence-electron chi connectivity index (χ4n) is 2.28. The smallest absolute Gasteiger partial charge is 0.123 e. The minimum Gasteiger partial charge on any atom is -0.489 e. The summed E-state index contributed by atoms with van der Waals surface area (Å²) in [7, 11) is 0. The number of hydrogen-bond acceptors (Lipinski definition) is 1. The summed E-state index contributed by atoms with van der Waals surface area (Å²) < 4.78 is 5.51. The van der Waals surface area contributed by atoms with Gasteiger partial charge < -0.3 is 4.74 Å². The summed E-state index contributed by atoms with van der Waals surface area (Å²) in [5, 5.41) is 0. The van der Waals surface area contributed by atoms with Crippen LogP contribution in [0.3, 0.4) is 0 Å². The fraction of sp³-hybridized carbons (Fsp3) is 0.333. The maximum atomic E-state index is 5.51. The van der Waals surface area contributed by atoms with Crippen LogP contribution < -0.4 is 0 Å². The van der Waals surface area contributed by atoms with Crippen LogP contribution in [0.5, 0.6) is 0 Å². The first kappa shape index (κ1) is 7.19. The van der Waals surface area contributed by atoms with Crippen molar-refractivity contribution in [2.45, 2.75) is 12.8 Å². The van der Waals surface area contributed by atoms with Gasteiger partial charge in [0.2, 0.25) is 0 Å². The van der Waals surface area contributed by atoms with Crippen LogP contribution in [0.4, 0.5) is 0 Å². The lowest BCUT2D eigenvalue weighted by atomic mass is 9.80. The second kappa shape index (κ2) is 2.63. The Kier molecular flexibility index (Phi) is 1.45. The zero-order valence-electron chi connectivity index (χ0n) is 7.49. The van der Waals surface area contributed by atoms with Crippen LogP contribution in [0.25, 0.3) is 0 Å². The SMILES string of the molecule is C1=CCC2CC=C3OCC=C3C2=C1. The highest BCUT2D eigenvalue weighted by atomic mass is 16.5. The first-order valence-electron chi connectivity index (χ1n) is 4.86. The molecule has 2 aliphatic carbocycles. The molecule has 1 heteroatoms. The van der Waals surface area contributed by atoms with Crippen molar-refractivity contribution in [3.05, 3.63) is 47.3 Å². The van der Waals surface area contributed by atoms with Crippen molar-refractivity contribution in [2.75, 3.05) is 6.61 Å². The van der Waals surface area contributed by atoms with Crippen LogP contribution in [0.1, 0.15) is 12.8 Å². The Morgan fingerprint density at radius 1 is 1.23 bits per heavy atom. The molecule has 0 aromatic heterocycles. The largest absolute Gasteiger partial charge is 0.489 e. The molecule has 0 aromatic carbocycles. The Labute approximate surface area is 78.1 Å². The average Bonchev–Trinajstić information content (AvgIpc) is 2.65. The van der Waals surface area contributed by atoms with E-state index < -0.39 is 0 Å². The molecule has 1 unspecified atom stereocenters. The molecule has 0 bridgehead atoms. The van der Waals surface area contributed by atoms with E-state index in [1.807, 2.05) is 0 Å². The molecule has 0 saturated carbocycles. The van der Waals surface area contributed by atoms with Gasteiger partial charge in [0.25, 0.3) is 0 Å². The molecule has 0 N–H and O–H groups in total. The standard InChI is InChI=1S/C12H12O/c1-2-4-10-9(3-1)5-6-12-11(10)7-8-13-12/h1-2,4,6-7,9H,3,5,8H2. The summed E-state index contributed by atoms with van der Waals surface area (Å²) in [5.41, 5.74) is 2.83. The Hall–Kier alpha value is -1.24. The van der Waals surface area contributed by atoms with Crippen molar-refractivity contribution in [1.82, 2.24) is 0 Å². The van der Waals surface area contributed by atoms with Gasteiger partial charge in [0, 0.05) is 5.57 Å². The third kappa shape index (κ3) is 0.998. The Morgan fingerprint density at radius 3 is 3.23 bits per heavy atom. The number of rotatable bonds is 0. The van der Waals surface area contributed by atoms with Crippen molar-refractivity contribution in [1.29, 1.82) is 0 Å². The van der Waals surface area contributed by atoms with Crippen LogP contribution in [0.2, 0.25) is 0 Å². The van der Waals surface area contributed by atoms with E-state index in [9.17, 15) is 0 Å². The molecule has 0 fully saturated rings. The van der Waals surface area contributed by atoms with Crippen molar-refractivity contribution in [3.63, 3.8) is 0 Å². The third-order valence-corrected chi connectivity index (χ3v) is 2.96. The van der Waals surface area contributed by atoms with Crippen LogP contribution in [0, 0.1) is 5.92 Å². The minimum atomic E-state index is 0.710. The maximum Gasteiger partial charge on any atom is 0.123 e. The summed E-state index contributed by atoms with van der Waals surface area (Å²) >= 11 is 0. The van der Waals surface area contributed by atoms with Crippen LogP contribution >= 0.6 is 0 Å². The van der Waals surface area contributed by atoms with E-state index in [0.29, 0.717) is 5.92 Å². The van der Waals surface area contributed by atoms with Gasteiger partial charge in [-0.25, -0.2) is 0 Å². The molecule has 1 heterocycles. The first-order chi connectivity index (χ1) is 6.45. The third-order valence-electron chi connectivity index (χ3n) is 2.96. The molecule has 1 nitrogen and oxygen atoms in total. The fourth-order valence-corrected chi connectivity index (χ4v) is 2.28. The Morgan fingerprint density at radius 2 is 2.23 bits per heavy atom. The minimum absolute atomic E-state index is 0.710. The molecule has 3 aliphatic rings. The molecule has 0 amide bonds. The Bertz CT molecular complexity index is 355. The summed E-state index contributed by atoms with van der Waals surface area (Å²) in [6, 6.07) is 0. The lowest BCUT2D eigenvalue weighted by Gasteiger charge is -2.25. The van der Waals surface area contributed by atoms with E-state index >= 15 is 0 Å². The predicted octanol–water partition coefficient (Wildman–Crippen LogP) is 2.73. The van der Waals surface area contributed by atoms with E-state index in [1.165, 1.54) is 17.6 Å². The topological polar surface area (TPSA) is 9.23 Å².